The van der Waals surface area contributed by atoms with Crippen molar-refractivity contribution < 1.29 is 17.6 Å². The van der Waals surface area contributed by atoms with Gasteiger partial charge in [-0.3, -0.25) is 0 Å². The van der Waals surface area contributed by atoms with E-state index < -0.39 is 17.4 Å². The Kier molecular flexibility index (Phi) is 3.63. The van der Waals surface area contributed by atoms with Gasteiger partial charge in [-0.1, -0.05) is 51.1 Å². The largest absolute Gasteiger partial charge is 0.451 e. The van der Waals surface area contributed by atoms with E-state index in [0.29, 0.717) is 0 Å². The van der Waals surface area contributed by atoms with Gasteiger partial charge < -0.3 is 4.42 Å². The molecule has 0 radical (unpaired) electrons. The fourth-order valence-corrected chi connectivity index (χ4v) is 1.80. The quantitative estimate of drug-likeness (QED) is 0.806. The predicted octanol–water partition coefficient (Wildman–Crippen LogP) is 4.58. The number of halogens is 3. The Morgan fingerprint density at radius 1 is 1.05 bits per heavy atom. The molecule has 0 saturated heterocycles. The van der Waals surface area contributed by atoms with Gasteiger partial charge in [-0.05, 0) is 5.56 Å². The minimum Gasteiger partial charge on any atom is -0.435 e. The minimum absolute atomic E-state index is 0.0615. The molecule has 20 heavy (non-hydrogen) atoms. The van der Waals surface area contributed by atoms with Crippen molar-refractivity contribution in [2.75, 3.05) is 0 Å². The summed E-state index contributed by atoms with van der Waals surface area (Å²) >= 11 is 0. The van der Waals surface area contributed by atoms with Crippen LogP contribution in [-0.2, 0) is 18.0 Å². The van der Waals surface area contributed by atoms with Crippen molar-refractivity contribution in [1.29, 1.82) is 0 Å². The van der Waals surface area contributed by atoms with Crippen molar-refractivity contribution in [3.05, 3.63) is 53.2 Å². The Morgan fingerprint density at radius 3 is 2.15 bits per heavy atom. The third kappa shape index (κ3) is 3.21. The SMILES string of the molecule is CC(C)(C)c1nc(Cc2ccccc2)c(C(F)(F)F)o1. The molecule has 1 heterocycles. The summed E-state index contributed by atoms with van der Waals surface area (Å²) < 4.78 is 44.0. The van der Waals surface area contributed by atoms with Crippen LogP contribution in [0.2, 0.25) is 0 Å². The van der Waals surface area contributed by atoms with Gasteiger partial charge in [-0.25, -0.2) is 4.98 Å². The van der Waals surface area contributed by atoms with Gasteiger partial charge in [0.15, 0.2) is 0 Å². The maximum Gasteiger partial charge on any atom is 0.451 e. The fourth-order valence-electron chi connectivity index (χ4n) is 1.80. The molecule has 0 aliphatic heterocycles. The van der Waals surface area contributed by atoms with Crippen LogP contribution in [0.15, 0.2) is 34.7 Å². The Hall–Kier alpha value is -1.78. The van der Waals surface area contributed by atoms with Gasteiger partial charge in [0, 0.05) is 11.8 Å². The van der Waals surface area contributed by atoms with E-state index in [-0.39, 0.29) is 18.0 Å². The van der Waals surface area contributed by atoms with Crippen LogP contribution >= 0.6 is 0 Å². The topological polar surface area (TPSA) is 26.0 Å². The zero-order valence-corrected chi connectivity index (χ0v) is 11.6. The second-order valence-electron chi connectivity index (χ2n) is 5.70. The number of hydrogen-bond acceptors (Lipinski definition) is 2. The summed E-state index contributed by atoms with van der Waals surface area (Å²) in [7, 11) is 0. The van der Waals surface area contributed by atoms with E-state index in [1.807, 2.05) is 6.07 Å². The molecule has 1 aromatic heterocycles. The normalized spacial score (nSPS) is 12.7. The maximum absolute atomic E-state index is 13.0. The minimum atomic E-state index is -4.53. The van der Waals surface area contributed by atoms with E-state index in [1.165, 1.54) is 0 Å². The number of rotatable bonds is 2. The number of hydrogen-bond donors (Lipinski definition) is 0. The molecule has 108 valence electrons. The Bertz CT molecular complexity index is 579. The van der Waals surface area contributed by atoms with Crippen LogP contribution in [0, 0.1) is 0 Å². The standard InChI is InChI=1S/C15H16F3NO/c1-14(2,3)13-19-11(12(20-13)15(16,17)18)9-10-7-5-4-6-8-10/h4-8H,9H2,1-3H3. The molecule has 0 bridgehead atoms. The van der Waals surface area contributed by atoms with Crippen molar-refractivity contribution in [2.45, 2.75) is 38.8 Å². The molecule has 0 unspecified atom stereocenters. The fraction of sp³-hybridized carbons (Fsp3) is 0.400. The highest BCUT2D eigenvalue weighted by Crippen LogP contribution is 2.36. The van der Waals surface area contributed by atoms with Gasteiger partial charge in [0.05, 0.1) is 5.69 Å². The van der Waals surface area contributed by atoms with E-state index in [4.69, 9.17) is 4.42 Å². The molecule has 1 aromatic carbocycles. The Morgan fingerprint density at radius 2 is 1.65 bits per heavy atom. The van der Waals surface area contributed by atoms with Crippen LogP contribution in [0.5, 0.6) is 0 Å². The second kappa shape index (κ2) is 4.96. The first-order valence-electron chi connectivity index (χ1n) is 6.29. The van der Waals surface area contributed by atoms with Crippen LogP contribution in [0.25, 0.3) is 0 Å². The van der Waals surface area contributed by atoms with Crippen molar-refractivity contribution in [3.8, 4) is 0 Å². The lowest BCUT2D eigenvalue weighted by atomic mass is 9.97. The molecule has 2 aromatic rings. The zero-order valence-electron chi connectivity index (χ0n) is 11.6. The molecular weight excluding hydrogens is 267 g/mol. The van der Waals surface area contributed by atoms with Gasteiger partial charge in [-0.2, -0.15) is 13.2 Å². The monoisotopic (exact) mass is 283 g/mol. The summed E-state index contributed by atoms with van der Waals surface area (Å²) in [5.41, 5.74) is 0.148. The number of nitrogens with zero attached hydrogens (tertiary/aromatic N) is 1. The summed E-state index contributed by atoms with van der Waals surface area (Å²) in [5.74, 6) is -0.887. The Labute approximate surface area is 115 Å². The molecule has 0 spiro atoms. The molecule has 0 amide bonds. The smallest absolute Gasteiger partial charge is 0.435 e. The lowest BCUT2D eigenvalue weighted by Crippen LogP contribution is -2.11. The van der Waals surface area contributed by atoms with Crippen molar-refractivity contribution >= 4 is 0 Å². The number of oxazole rings is 1. The average molecular weight is 283 g/mol. The molecule has 5 heteroatoms. The molecule has 0 atom stereocenters. The van der Waals surface area contributed by atoms with E-state index in [1.54, 1.807) is 45.0 Å². The third-order valence-corrected chi connectivity index (χ3v) is 2.81. The molecule has 0 saturated carbocycles. The van der Waals surface area contributed by atoms with Crippen LogP contribution in [0.3, 0.4) is 0 Å². The van der Waals surface area contributed by atoms with Crippen LogP contribution in [0.1, 0.15) is 43.7 Å². The van der Waals surface area contributed by atoms with E-state index >= 15 is 0 Å². The zero-order chi connectivity index (χ0) is 15.0. The van der Waals surface area contributed by atoms with Gasteiger partial charge in [0.1, 0.15) is 0 Å². The summed E-state index contributed by atoms with van der Waals surface area (Å²) in [5, 5.41) is 0. The van der Waals surface area contributed by atoms with Crippen molar-refractivity contribution in [2.24, 2.45) is 0 Å². The summed E-state index contributed by atoms with van der Waals surface area (Å²) in [6.45, 7) is 5.31. The highest BCUT2D eigenvalue weighted by atomic mass is 19.4. The Balaban J connectivity index is 2.43. The first-order chi connectivity index (χ1) is 9.18. The second-order valence-corrected chi connectivity index (χ2v) is 5.70. The molecular formula is C15H16F3NO. The van der Waals surface area contributed by atoms with E-state index in [9.17, 15) is 13.2 Å². The summed E-state index contributed by atoms with van der Waals surface area (Å²) in [4.78, 5) is 4.06. The highest BCUT2D eigenvalue weighted by Gasteiger charge is 2.40. The number of aromatic nitrogens is 1. The lowest BCUT2D eigenvalue weighted by molar-refractivity contribution is -0.154. The van der Waals surface area contributed by atoms with Crippen LogP contribution < -0.4 is 0 Å². The molecule has 2 rings (SSSR count). The maximum atomic E-state index is 13.0. The van der Waals surface area contributed by atoms with Crippen molar-refractivity contribution in [1.82, 2.24) is 4.98 Å². The van der Waals surface area contributed by atoms with E-state index in [0.717, 1.165) is 5.56 Å². The molecule has 2 nitrogen and oxygen atoms in total. The molecule has 0 N–H and O–H groups in total. The predicted molar refractivity (Wildman–Crippen MR) is 69.5 cm³/mol. The van der Waals surface area contributed by atoms with Crippen LogP contribution in [0.4, 0.5) is 13.2 Å². The third-order valence-electron chi connectivity index (χ3n) is 2.81. The van der Waals surface area contributed by atoms with E-state index in [2.05, 4.69) is 4.98 Å². The van der Waals surface area contributed by atoms with Crippen molar-refractivity contribution in [3.63, 3.8) is 0 Å². The van der Waals surface area contributed by atoms with Gasteiger partial charge in [0.25, 0.3) is 0 Å². The average Bonchev–Trinajstić information content (AvgIpc) is 2.74. The first kappa shape index (κ1) is 14.6. The number of benzene rings is 1. The summed E-state index contributed by atoms with van der Waals surface area (Å²) in [6.07, 6.45) is -4.42. The summed E-state index contributed by atoms with van der Waals surface area (Å²) in [6, 6.07) is 8.93. The van der Waals surface area contributed by atoms with Gasteiger partial charge in [0.2, 0.25) is 11.7 Å². The molecule has 0 aliphatic rings. The highest BCUT2D eigenvalue weighted by molar-refractivity contribution is 5.25. The lowest BCUT2D eigenvalue weighted by Gasteiger charge is -2.12. The molecule has 0 aliphatic carbocycles. The van der Waals surface area contributed by atoms with Crippen LogP contribution in [-0.4, -0.2) is 4.98 Å². The van der Waals surface area contributed by atoms with Gasteiger partial charge in [-0.15, -0.1) is 0 Å². The number of alkyl halides is 3. The first-order valence-corrected chi connectivity index (χ1v) is 6.29. The van der Waals surface area contributed by atoms with Gasteiger partial charge >= 0.3 is 6.18 Å². The molecule has 0 fully saturated rings.